The molecule has 0 aromatic carbocycles. The van der Waals surface area contributed by atoms with Crippen LogP contribution >= 0.6 is 0 Å². The first-order valence-corrected chi connectivity index (χ1v) is 8.61. The number of hydrogen-bond donors (Lipinski definition) is 2. The summed E-state index contributed by atoms with van der Waals surface area (Å²) in [6.45, 7) is 3.04. The van der Waals surface area contributed by atoms with Crippen molar-refractivity contribution in [3.8, 4) is 0 Å². The number of nitrogens with one attached hydrogen (secondary N) is 2. The summed E-state index contributed by atoms with van der Waals surface area (Å²) in [5, 5.41) is 6.69. The Bertz CT molecular complexity index is 480. The Labute approximate surface area is 139 Å². The summed E-state index contributed by atoms with van der Waals surface area (Å²) in [6, 6.07) is 3.80. The van der Waals surface area contributed by atoms with E-state index in [2.05, 4.69) is 21.7 Å². The summed E-state index contributed by atoms with van der Waals surface area (Å²) in [4.78, 5) is 4.25. The van der Waals surface area contributed by atoms with Gasteiger partial charge in [-0.15, -0.1) is 0 Å². The molecule has 1 aliphatic carbocycles. The Morgan fingerprint density at radius 2 is 2.22 bits per heavy atom. The van der Waals surface area contributed by atoms with Crippen molar-refractivity contribution in [3.05, 3.63) is 35.8 Å². The standard InChI is InChI=1S/C18H29N3O2/c1-19-18(21-12-10-16-7-3-2-4-8-16)20-11-6-13-22-15-17-9-5-14-23-17/h5,7,9,14H,2-4,6,8,10-13,15H2,1H3,(H2,19,20,21). The van der Waals surface area contributed by atoms with Gasteiger partial charge in [-0.2, -0.15) is 0 Å². The predicted octanol–water partition coefficient (Wildman–Crippen LogP) is 3.24. The molecule has 0 amide bonds. The summed E-state index contributed by atoms with van der Waals surface area (Å²) < 4.78 is 10.8. The maximum Gasteiger partial charge on any atom is 0.190 e. The summed E-state index contributed by atoms with van der Waals surface area (Å²) in [5.74, 6) is 1.74. The van der Waals surface area contributed by atoms with E-state index in [-0.39, 0.29) is 0 Å². The first-order chi connectivity index (χ1) is 11.4. The second-order valence-electron chi connectivity index (χ2n) is 5.77. The van der Waals surface area contributed by atoms with Crippen molar-refractivity contribution in [2.24, 2.45) is 4.99 Å². The zero-order valence-electron chi connectivity index (χ0n) is 14.1. The third-order valence-corrected chi connectivity index (χ3v) is 3.93. The average molecular weight is 319 g/mol. The van der Waals surface area contributed by atoms with Crippen LogP contribution in [-0.2, 0) is 11.3 Å². The molecule has 23 heavy (non-hydrogen) atoms. The third-order valence-electron chi connectivity index (χ3n) is 3.93. The topological polar surface area (TPSA) is 58.8 Å². The molecule has 0 saturated carbocycles. The van der Waals surface area contributed by atoms with Crippen LogP contribution in [0.15, 0.2) is 39.5 Å². The Kier molecular flexibility index (Phi) is 8.33. The highest BCUT2D eigenvalue weighted by Gasteiger charge is 2.04. The highest BCUT2D eigenvalue weighted by atomic mass is 16.5. The zero-order valence-corrected chi connectivity index (χ0v) is 14.1. The summed E-state index contributed by atoms with van der Waals surface area (Å²) >= 11 is 0. The maximum atomic E-state index is 5.55. The fourth-order valence-electron chi connectivity index (χ4n) is 2.64. The van der Waals surface area contributed by atoms with E-state index in [9.17, 15) is 0 Å². The number of allylic oxidation sites excluding steroid dienone is 1. The molecular weight excluding hydrogens is 290 g/mol. The van der Waals surface area contributed by atoms with Crippen LogP contribution in [-0.4, -0.2) is 32.7 Å². The Hall–Kier alpha value is -1.75. The minimum atomic E-state index is 0.537. The Morgan fingerprint density at radius 3 is 2.96 bits per heavy atom. The smallest absolute Gasteiger partial charge is 0.190 e. The SMILES string of the molecule is CN=C(NCCCOCc1ccco1)NCCC1=CCCCC1. The number of nitrogens with zero attached hydrogens (tertiary/aromatic N) is 1. The number of ether oxygens (including phenoxy) is 1. The van der Waals surface area contributed by atoms with Crippen LogP contribution in [0.25, 0.3) is 0 Å². The van der Waals surface area contributed by atoms with Crippen LogP contribution in [0.3, 0.4) is 0 Å². The van der Waals surface area contributed by atoms with Gasteiger partial charge >= 0.3 is 0 Å². The number of furan rings is 1. The van der Waals surface area contributed by atoms with Crippen molar-refractivity contribution < 1.29 is 9.15 Å². The summed E-state index contributed by atoms with van der Waals surface area (Å²) in [6.07, 6.45) is 11.3. The molecule has 0 unspecified atom stereocenters. The lowest BCUT2D eigenvalue weighted by Crippen LogP contribution is -2.38. The normalized spacial score (nSPS) is 15.3. The molecule has 2 N–H and O–H groups in total. The minimum Gasteiger partial charge on any atom is -0.467 e. The number of aliphatic imine (C=N–C) groups is 1. The molecule has 1 aliphatic rings. The quantitative estimate of drug-likeness (QED) is 0.317. The number of rotatable bonds is 9. The summed E-state index contributed by atoms with van der Waals surface area (Å²) in [5.41, 5.74) is 1.59. The first-order valence-electron chi connectivity index (χ1n) is 8.61. The molecular formula is C18H29N3O2. The van der Waals surface area contributed by atoms with Crippen LogP contribution < -0.4 is 10.6 Å². The van der Waals surface area contributed by atoms with Gasteiger partial charge in [0.25, 0.3) is 0 Å². The van der Waals surface area contributed by atoms with Gasteiger partial charge in [-0.3, -0.25) is 4.99 Å². The van der Waals surface area contributed by atoms with Gasteiger partial charge in [0.2, 0.25) is 0 Å². The molecule has 0 spiro atoms. The number of guanidine groups is 1. The van der Waals surface area contributed by atoms with Crippen LogP contribution in [0.2, 0.25) is 0 Å². The van der Waals surface area contributed by atoms with E-state index in [0.29, 0.717) is 13.2 Å². The van der Waals surface area contributed by atoms with Gasteiger partial charge in [0.1, 0.15) is 12.4 Å². The molecule has 0 radical (unpaired) electrons. The molecule has 1 aromatic heterocycles. The van der Waals surface area contributed by atoms with Crippen LogP contribution in [0, 0.1) is 0 Å². The zero-order chi connectivity index (χ0) is 16.2. The fourth-order valence-corrected chi connectivity index (χ4v) is 2.64. The molecule has 1 aromatic rings. The lowest BCUT2D eigenvalue weighted by atomic mass is 9.97. The van der Waals surface area contributed by atoms with E-state index in [4.69, 9.17) is 9.15 Å². The van der Waals surface area contributed by atoms with Crippen molar-refractivity contribution >= 4 is 5.96 Å². The average Bonchev–Trinajstić information content (AvgIpc) is 3.10. The molecule has 5 nitrogen and oxygen atoms in total. The van der Waals surface area contributed by atoms with Crippen LogP contribution in [0.4, 0.5) is 0 Å². The van der Waals surface area contributed by atoms with Gasteiger partial charge in [0, 0.05) is 26.7 Å². The van der Waals surface area contributed by atoms with Crippen molar-refractivity contribution in [1.29, 1.82) is 0 Å². The van der Waals surface area contributed by atoms with E-state index in [1.54, 1.807) is 11.8 Å². The molecule has 0 fully saturated rings. The lowest BCUT2D eigenvalue weighted by Gasteiger charge is -2.15. The van der Waals surface area contributed by atoms with Crippen LogP contribution in [0.1, 0.15) is 44.3 Å². The van der Waals surface area contributed by atoms with Gasteiger partial charge < -0.3 is 19.8 Å². The van der Waals surface area contributed by atoms with Gasteiger partial charge in [-0.05, 0) is 50.7 Å². The largest absolute Gasteiger partial charge is 0.467 e. The Morgan fingerprint density at radius 1 is 1.30 bits per heavy atom. The Balaban J connectivity index is 1.48. The van der Waals surface area contributed by atoms with E-state index in [0.717, 1.165) is 37.7 Å². The molecule has 0 saturated heterocycles. The minimum absolute atomic E-state index is 0.537. The molecule has 1 heterocycles. The number of hydrogen-bond acceptors (Lipinski definition) is 3. The first kappa shape index (κ1) is 17.6. The van der Waals surface area contributed by atoms with Crippen molar-refractivity contribution in [2.45, 2.75) is 45.1 Å². The highest BCUT2D eigenvalue weighted by molar-refractivity contribution is 5.79. The fraction of sp³-hybridized carbons (Fsp3) is 0.611. The highest BCUT2D eigenvalue weighted by Crippen LogP contribution is 2.19. The second-order valence-corrected chi connectivity index (χ2v) is 5.77. The lowest BCUT2D eigenvalue weighted by molar-refractivity contribution is 0.105. The second kappa shape index (κ2) is 10.9. The third kappa shape index (κ3) is 7.37. The molecule has 128 valence electrons. The van der Waals surface area contributed by atoms with E-state index >= 15 is 0 Å². The van der Waals surface area contributed by atoms with E-state index < -0.39 is 0 Å². The van der Waals surface area contributed by atoms with Crippen molar-refractivity contribution in [1.82, 2.24) is 10.6 Å². The maximum absolute atomic E-state index is 5.55. The van der Waals surface area contributed by atoms with Crippen molar-refractivity contribution in [3.63, 3.8) is 0 Å². The van der Waals surface area contributed by atoms with Crippen LogP contribution in [0.5, 0.6) is 0 Å². The monoisotopic (exact) mass is 319 g/mol. The molecule has 0 atom stereocenters. The molecule has 5 heteroatoms. The van der Waals surface area contributed by atoms with E-state index in [1.165, 1.54) is 25.7 Å². The van der Waals surface area contributed by atoms with Gasteiger partial charge in [-0.25, -0.2) is 0 Å². The van der Waals surface area contributed by atoms with Gasteiger partial charge in [0.05, 0.1) is 6.26 Å². The van der Waals surface area contributed by atoms with Gasteiger partial charge in [-0.1, -0.05) is 11.6 Å². The molecule has 2 rings (SSSR count). The van der Waals surface area contributed by atoms with Crippen molar-refractivity contribution in [2.75, 3.05) is 26.7 Å². The van der Waals surface area contributed by atoms with Gasteiger partial charge in [0.15, 0.2) is 5.96 Å². The predicted molar refractivity (Wildman–Crippen MR) is 93.5 cm³/mol. The summed E-state index contributed by atoms with van der Waals surface area (Å²) in [7, 11) is 1.81. The van der Waals surface area contributed by atoms with E-state index in [1.807, 2.05) is 19.2 Å². The molecule has 0 aliphatic heterocycles. The molecule has 0 bridgehead atoms.